The van der Waals surface area contributed by atoms with Gasteiger partial charge in [-0.2, -0.15) is 0 Å². The van der Waals surface area contributed by atoms with E-state index in [1.807, 2.05) is 49.1 Å². The summed E-state index contributed by atoms with van der Waals surface area (Å²) in [4.78, 5) is 23.6. The molecular weight excluding hydrogens is 392 g/mol. The Morgan fingerprint density at radius 3 is 2.65 bits per heavy atom. The molecule has 1 amide bonds. The van der Waals surface area contributed by atoms with Gasteiger partial charge in [-0.05, 0) is 37.1 Å². The second kappa shape index (κ2) is 9.68. The zero-order chi connectivity index (χ0) is 21.6. The number of pyridine rings is 2. The number of aromatic nitrogens is 4. The van der Waals surface area contributed by atoms with Crippen LogP contribution in [0.25, 0.3) is 0 Å². The minimum Gasteiger partial charge on any atom is -0.425 e. The van der Waals surface area contributed by atoms with Crippen molar-refractivity contribution in [3.63, 3.8) is 0 Å². The Morgan fingerprint density at radius 1 is 1.13 bits per heavy atom. The average molecular weight is 421 g/mol. The maximum atomic E-state index is 12.6. The lowest BCUT2D eigenvalue weighted by molar-refractivity contribution is -0.132. The molecule has 4 rings (SSSR count). The lowest BCUT2D eigenvalue weighted by Crippen LogP contribution is -2.38. The third-order valence-corrected chi connectivity index (χ3v) is 5.49. The number of carbonyl (C=O) groups excluding carboxylic acids is 1. The third kappa shape index (κ3) is 5.45. The predicted octanol–water partition coefficient (Wildman–Crippen LogP) is 4.07. The Hall–Kier alpha value is -3.29. The van der Waals surface area contributed by atoms with E-state index in [0.717, 1.165) is 43.3 Å². The van der Waals surface area contributed by atoms with Crippen LogP contribution >= 0.6 is 0 Å². The molecule has 0 aliphatic carbocycles. The van der Waals surface area contributed by atoms with Gasteiger partial charge in [-0.15, -0.1) is 10.2 Å². The second-order valence-corrected chi connectivity index (χ2v) is 8.13. The zero-order valence-electron chi connectivity index (χ0n) is 18.0. The molecule has 4 heterocycles. The number of anilines is 2. The smallest absolute Gasteiger partial charge is 0.223 e. The van der Waals surface area contributed by atoms with Crippen LogP contribution in [0.2, 0.25) is 0 Å². The van der Waals surface area contributed by atoms with Crippen molar-refractivity contribution in [2.75, 3.05) is 18.4 Å². The van der Waals surface area contributed by atoms with Gasteiger partial charge in [0, 0.05) is 49.7 Å². The first-order valence-electron chi connectivity index (χ1n) is 10.8. The van der Waals surface area contributed by atoms with E-state index in [-0.39, 0.29) is 11.8 Å². The first kappa shape index (κ1) is 21.0. The van der Waals surface area contributed by atoms with Crippen LogP contribution in [-0.2, 0) is 11.2 Å². The molecule has 8 nitrogen and oxygen atoms in total. The normalized spacial score (nSPS) is 14.7. The molecule has 0 bridgehead atoms. The van der Waals surface area contributed by atoms with Crippen molar-refractivity contribution in [2.45, 2.75) is 51.4 Å². The molecule has 0 saturated carbocycles. The highest BCUT2D eigenvalue weighted by atomic mass is 16.4. The molecule has 3 aromatic rings. The van der Waals surface area contributed by atoms with Gasteiger partial charge in [-0.1, -0.05) is 26.0 Å². The molecule has 0 atom stereocenters. The summed E-state index contributed by atoms with van der Waals surface area (Å²) < 4.78 is 5.60. The van der Waals surface area contributed by atoms with E-state index in [4.69, 9.17) is 9.40 Å². The lowest BCUT2D eigenvalue weighted by Gasteiger charge is -2.32. The SMILES string of the molecule is CC(C)c1nnc(CCC(=O)N2CCC(c3cccc(Nc4ccccn4)n3)CC2)o1. The molecule has 1 aliphatic rings. The number of likely N-dealkylation sites (tertiary alicyclic amines) is 1. The Kier molecular flexibility index (Phi) is 6.54. The lowest BCUT2D eigenvalue weighted by atomic mass is 9.93. The van der Waals surface area contributed by atoms with E-state index in [1.165, 1.54) is 0 Å². The van der Waals surface area contributed by atoms with E-state index in [9.17, 15) is 4.79 Å². The summed E-state index contributed by atoms with van der Waals surface area (Å²) in [5.74, 6) is 3.40. The summed E-state index contributed by atoms with van der Waals surface area (Å²) in [6, 6.07) is 11.8. The molecule has 0 spiro atoms. The summed E-state index contributed by atoms with van der Waals surface area (Å²) in [7, 11) is 0. The van der Waals surface area contributed by atoms with E-state index in [1.54, 1.807) is 6.20 Å². The number of amides is 1. The van der Waals surface area contributed by atoms with Crippen LogP contribution in [-0.4, -0.2) is 44.1 Å². The van der Waals surface area contributed by atoms with E-state index in [2.05, 4.69) is 26.6 Å². The molecule has 1 saturated heterocycles. The van der Waals surface area contributed by atoms with Crippen molar-refractivity contribution < 1.29 is 9.21 Å². The number of aryl methyl sites for hydroxylation is 1. The maximum absolute atomic E-state index is 12.6. The third-order valence-electron chi connectivity index (χ3n) is 5.49. The molecule has 8 heteroatoms. The number of carbonyl (C=O) groups is 1. The predicted molar refractivity (Wildman–Crippen MR) is 117 cm³/mol. The van der Waals surface area contributed by atoms with Crippen molar-refractivity contribution in [3.05, 3.63) is 60.1 Å². The quantitative estimate of drug-likeness (QED) is 0.615. The highest BCUT2D eigenvalue weighted by molar-refractivity contribution is 5.76. The van der Waals surface area contributed by atoms with Crippen molar-refractivity contribution in [2.24, 2.45) is 0 Å². The topological polar surface area (TPSA) is 97.0 Å². The monoisotopic (exact) mass is 420 g/mol. The van der Waals surface area contributed by atoms with Crippen molar-refractivity contribution in [3.8, 4) is 0 Å². The highest BCUT2D eigenvalue weighted by Crippen LogP contribution is 2.28. The van der Waals surface area contributed by atoms with Crippen molar-refractivity contribution >= 4 is 17.5 Å². The van der Waals surface area contributed by atoms with E-state index < -0.39 is 0 Å². The molecule has 0 aromatic carbocycles. The summed E-state index contributed by atoms with van der Waals surface area (Å²) in [5.41, 5.74) is 1.06. The Balaban J connectivity index is 1.28. The molecule has 31 heavy (non-hydrogen) atoms. The van der Waals surface area contributed by atoms with Gasteiger partial charge >= 0.3 is 0 Å². The Labute approximate surface area is 182 Å². The number of hydrogen-bond donors (Lipinski definition) is 1. The Morgan fingerprint density at radius 2 is 1.94 bits per heavy atom. The van der Waals surface area contributed by atoms with Gasteiger partial charge in [0.2, 0.25) is 17.7 Å². The molecular formula is C23H28N6O2. The van der Waals surface area contributed by atoms with Crippen LogP contribution in [0.5, 0.6) is 0 Å². The van der Waals surface area contributed by atoms with Gasteiger partial charge < -0.3 is 14.6 Å². The number of nitrogens with zero attached hydrogens (tertiary/aromatic N) is 5. The minimum atomic E-state index is 0.140. The van der Waals surface area contributed by atoms with Crippen molar-refractivity contribution in [1.29, 1.82) is 0 Å². The highest BCUT2D eigenvalue weighted by Gasteiger charge is 2.25. The van der Waals surface area contributed by atoms with Crippen molar-refractivity contribution in [1.82, 2.24) is 25.1 Å². The van der Waals surface area contributed by atoms with Gasteiger partial charge in [-0.3, -0.25) is 4.79 Å². The van der Waals surface area contributed by atoms with Crippen LogP contribution in [0.4, 0.5) is 11.6 Å². The van der Waals surface area contributed by atoms with Gasteiger partial charge in [0.15, 0.2) is 0 Å². The fourth-order valence-electron chi connectivity index (χ4n) is 3.71. The van der Waals surface area contributed by atoms with Gasteiger partial charge in [0.25, 0.3) is 0 Å². The fraction of sp³-hybridized carbons (Fsp3) is 0.435. The largest absolute Gasteiger partial charge is 0.425 e. The molecule has 0 unspecified atom stereocenters. The molecule has 1 N–H and O–H groups in total. The van der Waals surface area contributed by atoms with Crippen LogP contribution in [0.15, 0.2) is 47.0 Å². The maximum Gasteiger partial charge on any atom is 0.223 e. The second-order valence-electron chi connectivity index (χ2n) is 8.13. The average Bonchev–Trinajstić information content (AvgIpc) is 3.28. The van der Waals surface area contributed by atoms with Crippen LogP contribution in [0.3, 0.4) is 0 Å². The first-order chi connectivity index (χ1) is 15.1. The van der Waals surface area contributed by atoms with Crippen LogP contribution in [0, 0.1) is 0 Å². The summed E-state index contributed by atoms with van der Waals surface area (Å²) >= 11 is 0. The van der Waals surface area contributed by atoms with Gasteiger partial charge in [0.1, 0.15) is 11.6 Å². The summed E-state index contributed by atoms with van der Waals surface area (Å²) in [5, 5.41) is 11.3. The van der Waals surface area contributed by atoms with Gasteiger partial charge in [0.05, 0.1) is 0 Å². The molecule has 1 aliphatic heterocycles. The molecule has 1 fully saturated rings. The number of hydrogen-bond acceptors (Lipinski definition) is 7. The number of rotatable bonds is 7. The van der Waals surface area contributed by atoms with E-state index >= 15 is 0 Å². The first-order valence-corrected chi connectivity index (χ1v) is 10.8. The zero-order valence-corrected chi connectivity index (χ0v) is 18.0. The summed E-state index contributed by atoms with van der Waals surface area (Å²) in [6.07, 6.45) is 4.45. The molecule has 0 radical (unpaired) electrons. The number of piperidine rings is 1. The number of nitrogens with one attached hydrogen (secondary N) is 1. The Bertz CT molecular complexity index is 996. The van der Waals surface area contributed by atoms with E-state index in [0.29, 0.717) is 30.5 Å². The summed E-state index contributed by atoms with van der Waals surface area (Å²) in [6.45, 7) is 5.49. The van der Waals surface area contributed by atoms with Crippen LogP contribution in [0.1, 0.15) is 62.4 Å². The molecule has 3 aromatic heterocycles. The van der Waals surface area contributed by atoms with Gasteiger partial charge in [-0.25, -0.2) is 9.97 Å². The van der Waals surface area contributed by atoms with Crippen LogP contribution < -0.4 is 5.32 Å². The fourth-order valence-corrected chi connectivity index (χ4v) is 3.71. The molecule has 162 valence electrons. The minimum absolute atomic E-state index is 0.140. The standard InChI is InChI=1S/C23H28N6O2/c1-16(2)23-28-27-21(31-23)9-10-22(30)29-14-11-17(12-15-29)18-6-5-8-20(25-18)26-19-7-3-4-13-24-19/h3-8,13,16-17H,9-12,14-15H2,1-2H3,(H,24,25,26).